The molecule has 0 radical (unpaired) electrons. The van der Waals surface area contributed by atoms with E-state index in [1.807, 2.05) is 30.3 Å². The van der Waals surface area contributed by atoms with Crippen LogP contribution in [0.5, 0.6) is 11.5 Å². The summed E-state index contributed by atoms with van der Waals surface area (Å²) in [5.74, 6) is 0.741. The first-order valence-electron chi connectivity index (χ1n) is 10.5. The minimum absolute atomic E-state index is 0.000808. The maximum atomic E-state index is 12.2. The summed E-state index contributed by atoms with van der Waals surface area (Å²) in [4.78, 5) is 33.3. The predicted octanol–water partition coefficient (Wildman–Crippen LogP) is 5.48. The lowest BCUT2D eigenvalue weighted by atomic mass is 10.1. The van der Waals surface area contributed by atoms with Crippen LogP contribution in [0.3, 0.4) is 0 Å². The molecule has 10 nitrogen and oxygen atoms in total. The second-order valence-electron chi connectivity index (χ2n) is 7.28. The van der Waals surface area contributed by atoms with Crippen LogP contribution in [0.1, 0.15) is 10.4 Å². The Morgan fingerprint density at radius 2 is 1.60 bits per heavy atom. The maximum Gasteiger partial charge on any atom is 0.354 e. The third-order valence-electron chi connectivity index (χ3n) is 5.07. The molecule has 0 aliphatic heterocycles. The summed E-state index contributed by atoms with van der Waals surface area (Å²) in [7, 11) is 2.85. The van der Waals surface area contributed by atoms with E-state index in [0.29, 0.717) is 22.9 Å². The Labute approximate surface area is 200 Å². The highest BCUT2D eigenvalue weighted by molar-refractivity contribution is 5.97. The molecule has 176 valence electrons. The third kappa shape index (κ3) is 5.17. The van der Waals surface area contributed by atoms with Crippen molar-refractivity contribution >= 4 is 34.7 Å². The molecule has 0 unspecified atom stereocenters. The first kappa shape index (κ1) is 23.2. The molecule has 0 saturated heterocycles. The highest BCUT2D eigenvalue weighted by atomic mass is 16.6. The van der Waals surface area contributed by atoms with E-state index in [-0.39, 0.29) is 22.9 Å². The number of para-hydroxylation sites is 2. The minimum Gasteiger partial charge on any atom is -0.465 e. The Morgan fingerprint density at radius 1 is 0.943 bits per heavy atom. The Balaban J connectivity index is 1.63. The second-order valence-corrected chi connectivity index (χ2v) is 7.28. The lowest BCUT2D eigenvalue weighted by molar-refractivity contribution is -0.383. The van der Waals surface area contributed by atoms with Gasteiger partial charge < -0.3 is 19.7 Å². The number of nitrogens with one attached hydrogen (secondary N) is 1. The van der Waals surface area contributed by atoms with Crippen molar-refractivity contribution in [3.8, 4) is 11.5 Å². The number of hydrogen-bond acceptors (Lipinski definition) is 9. The van der Waals surface area contributed by atoms with Gasteiger partial charge >= 0.3 is 11.7 Å². The number of esters is 1. The van der Waals surface area contributed by atoms with Crippen LogP contribution < -0.4 is 15.0 Å². The largest absolute Gasteiger partial charge is 0.465 e. The minimum atomic E-state index is -0.569. The Bertz CT molecular complexity index is 1350. The lowest BCUT2D eigenvalue weighted by Gasteiger charge is -2.21. The van der Waals surface area contributed by atoms with Crippen molar-refractivity contribution in [3.63, 3.8) is 0 Å². The molecule has 0 saturated carbocycles. The smallest absolute Gasteiger partial charge is 0.354 e. The average molecular weight is 471 g/mol. The van der Waals surface area contributed by atoms with Gasteiger partial charge in [0, 0.05) is 12.7 Å². The molecular weight excluding hydrogens is 450 g/mol. The van der Waals surface area contributed by atoms with Crippen LogP contribution in [-0.2, 0) is 4.74 Å². The third-order valence-corrected chi connectivity index (χ3v) is 5.07. The highest BCUT2D eigenvalue weighted by Crippen LogP contribution is 2.37. The maximum absolute atomic E-state index is 12.2. The Hall–Kier alpha value is -4.99. The quantitative estimate of drug-likeness (QED) is 0.202. The molecule has 35 heavy (non-hydrogen) atoms. The monoisotopic (exact) mass is 471 g/mol. The van der Waals surface area contributed by atoms with Crippen LogP contribution in [0.2, 0.25) is 0 Å². The van der Waals surface area contributed by atoms with E-state index in [2.05, 4.69) is 15.3 Å². The topological polar surface area (TPSA) is 120 Å². The molecule has 4 aromatic rings. The zero-order valence-electron chi connectivity index (χ0n) is 18.9. The Kier molecular flexibility index (Phi) is 6.82. The fourth-order valence-electron chi connectivity index (χ4n) is 3.40. The molecule has 1 N–H and O–H groups in total. The van der Waals surface area contributed by atoms with Crippen molar-refractivity contribution in [3.05, 3.63) is 101 Å². The fourth-order valence-corrected chi connectivity index (χ4v) is 3.40. The number of carbonyl (C=O) groups excluding carboxylic acids is 1. The molecule has 0 aliphatic rings. The molecule has 4 rings (SSSR count). The number of nitro groups is 1. The van der Waals surface area contributed by atoms with Gasteiger partial charge in [0.1, 0.15) is 17.8 Å². The van der Waals surface area contributed by atoms with Gasteiger partial charge in [-0.1, -0.05) is 30.3 Å². The molecule has 0 fully saturated rings. The normalized spacial score (nSPS) is 10.3. The molecular formula is C25H21N5O5. The molecule has 0 atom stereocenters. The van der Waals surface area contributed by atoms with Crippen molar-refractivity contribution < 1.29 is 19.2 Å². The Morgan fingerprint density at radius 3 is 2.29 bits per heavy atom. The van der Waals surface area contributed by atoms with Crippen LogP contribution in [0.4, 0.5) is 28.7 Å². The molecule has 0 spiro atoms. The zero-order chi connectivity index (χ0) is 24.8. The summed E-state index contributed by atoms with van der Waals surface area (Å²) in [6, 6.07) is 22.9. The zero-order valence-corrected chi connectivity index (χ0v) is 18.9. The van der Waals surface area contributed by atoms with E-state index >= 15 is 0 Å². The number of anilines is 4. The van der Waals surface area contributed by atoms with Gasteiger partial charge in [0.15, 0.2) is 0 Å². The predicted molar refractivity (Wildman–Crippen MR) is 131 cm³/mol. The van der Waals surface area contributed by atoms with Gasteiger partial charge in [-0.2, -0.15) is 0 Å². The fraction of sp³-hybridized carbons (Fsp3) is 0.0800. The van der Waals surface area contributed by atoms with Crippen LogP contribution in [0.25, 0.3) is 0 Å². The molecule has 0 aliphatic carbocycles. The first-order chi connectivity index (χ1) is 17.0. The molecule has 1 heterocycles. The summed E-state index contributed by atoms with van der Waals surface area (Å²) >= 11 is 0. The number of benzene rings is 3. The van der Waals surface area contributed by atoms with E-state index in [1.165, 1.54) is 18.3 Å². The summed E-state index contributed by atoms with van der Waals surface area (Å²) in [6.45, 7) is 0. The van der Waals surface area contributed by atoms with Crippen LogP contribution in [0, 0.1) is 10.1 Å². The molecule has 10 heteroatoms. The van der Waals surface area contributed by atoms with E-state index in [0.717, 1.165) is 0 Å². The highest BCUT2D eigenvalue weighted by Gasteiger charge is 2.28. The van der Waals surface area contributed by atoms with Crippen molar-refractivity contribution in [2.24, 2.45) is 0 Å². The number of nitrogens with zero attached hydrogens (tertiary/aromatic N) is 4. The van der Waals surface area contributed by atoms with Gasteiger partial charge in [-0.25, -0.2) is 14.8 Å². The van der Waals surface area contributed by atoms with E-state index in [4.69, 9.17) is 9.47 Å². The summed E-state index contributed by atoms with van der Waals surface area (Å²) in [5, 5.41) is 15.0. The van der Waals surface area contributed by atoms with Gasteiger partial charge in [0.25, 0.3) is 0 Å². The van der Waals surface area contributed by atoms with E-state index in [9.17, 15) is 14.9 Å². The van der Waals surface area contributed by atoms with Gasteiger partial charge in [-0.3, -0.25) is 10.1 Å². The van der Waals surface area contributed by atoms with Gasteiger partial charge in [0.05, 0.1) is 23.3 Å². The van der Waals surface area contributed by atoms with E-state index < -0.39 is 10.9 Å². The van der Waals surface area contributed by atoms with Crippen LogP contribution >= 0.6 is 0 Å². The first-order valence-corrected chi connectivity index (χ1v) is 10.5. The SMILES string of the molecule is COC(=O)c1ccccc1N(C)c1ncnc(Nc2ccc(Oc3ccccc3)cc2)c1[N+](=O)[O-]. The molecule has 0 amide bonds. The van der Waals surface area contributed by atoms with Crippen LogP contribution in [0.15, 0.2) is 85.2 Å². The average Bonchev–Trinajstić information content (AvgIpc) is 2.89. The van der Waals surface area contributed by atoms with Crippen molar-refractivity contribution in [1.82, 2.24) is 9.97 Å². The standard InChI is InChI=1S/C25H21N5O5/c1-29(21-11-7-6-10-20(21)25(31)34-2)24-22(30(32)33)23(26-16-27-24)28-17-12-14-19(15-13-17)35-18-8-4-3-5-9-18/h3-16H,1-2H3,(H,26,27,28). The number of rotatable bonds is 8. The van der Waals surface area contributed by atoms with Gasteiger partial charge in [-0.15, -0.1) is 0 Å². The summed E-state index contributed by atoms with van der Waals surface area (Å²) in [5.41, 5.74) is 0.860. The number of methoxy groups -OCH3 is 1. The van der Waals surface area contributed by atoms with Crippen molar-refractivity contribution in [1.29, 1.82) is 0 Å². The van der Waals surface area contributed by atoms with E-state index in [1.54, 1.807) is 55.6 Å². The van der Waals surface area contributed by atoms with Crippen molar-refractivity contribution in [2.75, 3.05) is 24.4 Å². The lowest BCUT2D eigenvalue weighted by Crippen LogP contribution is -2.18. The molecule has 0 bridgehead atoms. The number of hydrogen-bond donors (Lipinski definition) is 1. The van der Waals surface area contributed by atoms with Gasteiger partial charge in [0.2, 0.25) is 11.6 Å². The number of ether oxygens (including phenoxy) is 2. The molecule has 3 aromatic carbocycles. The number of aromatic nitrogens is 2. The molecule has 1 aromatic heterocycles. The van der Waals surface area contributed by atoms with Gasteiger partial charge in [-0.05, 0) is 48.5 Å². The number of carbonyl (C=O) groups is 1. The summed E-state index contributed by atoms with van der Waals surface area (Å²) in [6.07, 6.45) is 1.22. The summed E-state index contributed by atoms with van der Waals surface area (Å²) < 4.78 is 10.6. The second kappa shape index (κ2) is 10.3. The van der Waals surface area contributed by atoms with Crippen LogP contribution in [-0.4, -0.2) is 35.0 Å². The van der Waals surface area contributed by atoms with Crippen molar-refractivity contribution in [2.45, 2.75) is 0 Å².